The zero-order valence-electron chi connectivity index (χ0n) is 7.18. The first-order valence-corrected chi connectivity index (χ1v) is 3.88. The molecular formula is C8H9FN2O3. The van der Waals surface area contributed by atoms with Gasteiger partial charge in [-0.25, -0.2) is 4.39 Å². The Morgan fingerprint density at radius 2 is 2.29 bits per heavy atom. The molecule has 0 aliphatic rings. The topological polar surface area (TPSA) is 89.4 Å². The summed E-state index contributed by atoms with van der Waals surface area (Å²) in [7, 11) is 0. The fourth-order valence-electron chi connectivity index (χ4n) is 1.03. The van der Waals surface area contributed by atoms with Crippen molar-refractivity contribution in [2.75, 3.05) is 6.54 Å². The lowest BCUT2D eigenvalue weighted by molar-refractivity contribution is -0.385. The van der Waals surface area contributed by atoms with Crippen LogP contribution in [0.2, 0.25) is 0 Å². The summed E-state index contributed by atoms with van der Waals surface area (Å²) in [6.45, 7) is -0.182. The van der Waals surface area contributed by atoms with Gasteiger partial charge in [0.05, 0.1) is 11.0 Å². The first kappa shape index (κ1) is 10.6. The minimum Gasteiger partial charge on any atom is -0.387 e. The standard InChI is InChI=1S/C8H9FN2O3/c9-7-2-1-5(11(13)14)3-6(7)8(12)4-10/h1-3,8,12H,4,10H2/t8-/m1/s1. The van der Waals surface area contributed by atoms with Crippen LogP contribution >= 0.6 is 0 Å². The lowest BCUT2D eigenvalue weighted by Crippen LogP contribution is -2.13. The lowest BCUT2D eigenvalue weighted by Gasteiger charge is -2.08. The van der Waals surface area contributed by atoms with Crippen LogP contribution in [0.25, 0.3) is 0 Å². The smallest absolute Gasteiger partial charge is 0.270 e. The summed E-state index contributed by atoms with van der Waals surface area (Å²) < 4.78 is 13.0. The minimum absolute atomic E-state index is 0.151. The van der Waals surface area contributed by atoms with Gasteiger partial charge in [-0.05, 0) is 6.07 Å². The third-order valence-corrected chi connectivity index (χ3v) is 1.77. The third-order valence-electron chi connectivity index (χ3n) is 1.77. The van der Waals surface area contributed by atoms with Gasteiger partial charge in [-0.2, -0.15) is 0 Å². The summed E-state index contributed by atoms with van der Waals surface area (Å²) in [6.07, 6.45) is -1.21. The maximum Gasteiger partial charge on any atom is 0.270 e. The van der Waals surface area contributed by atoms with Gasteiger partial charge < -0.3 is 10.8 Å². The summed E-state index contributed by atoms with van der Waals surface area (Å²) in [5.41, 5.74) is 4.69. The van der Waals surface area contributed by atoms with Gasteiger partial charge in [-0.15, -0.1) is 0 Å². The number of hydrogen-bond donors (Lipinski definition) is 2. The monoisotopic (exact) mass is 200 g/mol. The summed E-state index contributed by atoms with van der Waals surface area (Å²) in [6, 6.07) is 2.95. The third kappa shape index (κ3) is 2.04. The second-order valence-corrected chi connectivity index (χ2v) is 2.71. The Balaban J connectivity index is 3.14. The number of nitro benzene ring substituents is 1. The highest BCUT2D eigenvalue weighted by Gasteiger charge is 2.15. The van der Waals surface area contributed by atoms with E-state index in [0.29, 0.717) is 0 Å². The van der Waals surface area contributed by atoms with Gasteiger partial charge in [0.15, 0.2) is 0 Å². The number of nitrogens with two attached hydrogens (primary N) is 1. The molecule has 1 atom stereocenters. The number of benzene rings is 1. The highest BCUT2D eigenvalue weighted by atomic mass is 19.1. The predicted molar refractivity (Wildman–Crippen MR) is 47.1 cm³/mol. The molecule has 0 spiro atoms. The summed E-state index contributed by atoms with van der Waals surface area (Å²) in [5, 5.41) is 19.6. The Labute approximate surface area is 79.1 Å². The van der Waals surface area contributed by atoms with E-state index in [4.69, 9.17) is 5.73 Å². The molecule has 1 rings (SSSR count). The number of aliphatic hydroxyl groups excluding tert-OH is 1. The second-order valence-electron chi connectivity index (χ2n) is 2.71. The molecule has 1 aromatic rings. The number of rotatable bonds is 3. The van der Waals surface area contributed by atoms with Crippen molar-refractivity contribution in [2.24, 2.45) is 5.73 Å². The van der Waals surface area contributed by atoms with Crippen molar-refractivity contribution in [3.05, 3.63) is 39.7 Å². The number of halogens is 1. The molecule has 0 bridgehead atoms. The molecule has 0 saturated carbocycles. The van der Waals surface area contributed by atoms with Gasteiger partial charge in [0, 0.05) is 24.2 Å². The van der Waals surface area contributed by atoms with Crippen LogP contribution in [0.3, 0.4) is 0 Å². The van der Waals surface area contributed by atoms with Gasteiger partial charge in [-0.3, -0.25) is 10.1 Å². The van der Waals surface area contributed by atoms with Crippen molar-refractivity contribution in [3.8, 4) is 0 Å². The normalized spacial score (nSPS) is 12.5. The molecule has 0 unspecified atom stereocenters. The van der Waals surface area contributed by atoms with Crippen molar-refractivity contribution < 1.29 is 14.4 Å². The van der Waals surface area contributed by atoms with Crippen LogP contribution in [0.1, 0.15) is 11.7 Å². The number of hydrogen-bond acceptors (Lipinski definition) is 4. The van der Waals surface area contributed by atoms with Gasteiger partial charge in [0.25, 0.3) is 5.69 Å². The predicted octanol–water partition coefficient (Wildman–Crippen LogP) is 0.726. The first-order valence-electron chi connectivity index (χ1n) is 3.88. The molecule has 0 aromatic heterocycles. The van der Waals surface area contributed by atoms with Crippen molar-refractivity contribution in [2.45, 2.75) is 6.10 Å². The molecular weight excluding hydrogens is 191 g/mol. The molecule has 0 aliphatic heterocycles. The fraction of sp³-hybridized carbons (Fsp3) is 0.250. The van der Waals surface area contributed by atoms with Crippen LogP contribution in [-0.4, -0.2) is 16.6 Å². The van der Waals surface area contributed by atoms with Crippen LogP contribution in [0.4, 0.5) is 10.1 Å². The molecule has 0 amide bonds. The molecule has 76 valence electrons. The summed E-state index contributed by atoms with van der Waals surface area (Å²) in [5.74, 6) is -0.700. The van der Waals surface area contributed by atoms with Gasteiger partial charge in [0.2, 0.25) is 0 Å². The molecule has 6 heteroatoms. The second kappa shape index (κ2) is 4.12. The van der Waals surface area contributed by atoms with Crippen LogP contribution in [-0.2, 0) is 0 Å². The van der Waals surface area contributed by atoms with E-state index in [1.807, 2.05) is 0 Å². The Morgan fingerprint density at radius 3 is 2.79 bits per heavy atom. The van der Waals surface area contributed by atoms with E-state index in [-0.39, 0.29) is 17.8 Å². The average Bonchev–Trinajstić information content (AvgIpc) is 2.17. The maximum atomic E-state index is 13.0. The maximum absolute atomic E-state index is 13.0. The number of aliphatic hydroxyl groups is 1. The van der Waals surface area contributed by atoms with E-state index in [0.717, 1.165) is 18.2 Å². The van der Waals surface area contributed by atoms with E-state index < -0.39 is 16.8 Å². The van der Waals surface area contributed by atoms with E-state index in [2.05, 4.69) is 0 Å². The number of non-ortho nitro benzene ring substituents is 1. The summed E-state index contributed by atoms with van der Waals surface area (Å²) >= 11 is 0. The molecule has 0 fully saturated rings. The Morgan fingerprint density at radius 1 is 1.64 bits per heavy atom. The average molecular weight is 200 g/mol. The molecule has 5 nitrogen and oxygen atoms in total. The largest absolute Gasteiger partial charge is 0.387 e. The molecule has 0 radical (unpaired) electrons. The van der Waals surface area contributed by atoms with Crippen LogP contribution < -0.4 is 5.73 Å². The molecule has 3 N–H and O–H groups in total. The van der Waals surface area contributed by atoms with Gasteiger partial charge in [-0.1, -0.05) is 0 Å². The Bertz CT molecular complexity index is 356. The molecule has 0 heterocycles. The van der Waals surface area contributed by atoms with Gasteiger partial charge >= 0.3 is 0 Å². The number of nitrogens with zero attached hydrogens (tertiary/aromatic N) is 1. The van der Waals surface area contributed by atoms with Crippen LogP contribution in [0.5, 0.6) is 0 Å². The zero-order valence-corrected chi connectivity index (χ0v) is 7.18. The molecule has 0 saturated heterocycles. The van der Waals surface area contributed by atoms with Crippen molar-refractivity contribution >= 4 is 5.69 Å². The first-order chi connectivity index (χ1) is 6.56. The van der Waals surface area contributed by atoms with Crippen LogP contribution in [0, 0.1) is 15.9 Å². The fourth-order valence-corrected chi connectivity index (χ4v) is 1.03. The highest BCUT2D eigenvalue weighted by Crippen LogP contribution is 2.21. The summed E-state index contributed by atoms with van der Waals surface area (Å²) in [4.78, 5) is 9.69. The Hall–Kier alpha value is -1.53. The van der Waals surface area contributed by atoms with E-state index in [1.165, 1.54) is 0 Å². The molecule has 0 aliphatic carbocycles. The lowest BCUT2D eigenvalue weighted by atomic mass is 10.1. The van der Waals surface area contributed by atoms with E-state index in [1.54, 1.807) is 0 Å². The number of nitro groups is 1. The van der Waals surface area contributed by atoms with Crippen molar-refractivity contribution in [1.82, 2.24) is 0 Å². The van der Waals surface area contributed by atoms with E-state index in [9.17, 15) is 19.6 Å². The SMILES string of the molecule is NC[C@@H](O)c1cc([N+](=O)[O-])ccc1F. The Kier molecular flexibility index (Phi) is 3.10. The minimum atomic E-state index is -1.21. The molecule has 1 aromatic carbocycles. The molecule has 14 heavy (non-hydrogen) atoms. The quantitative estimate of drug-likeness (QED) is 0.555. The zero-order chi connectivity index (χ0) is 10.7. The van der Waals surface area contributed by atoms with Gasteiger partial charge in [0.1, 0.15) is 5.82 Å². The van der Waals surface area contributed by atoms with Crippen LogP contribution in [0.15, 0.2) is 18.2 Å². The van der Waals surface area contributed by atoms with Crippen molar-refractivity contribution in [1.29, 1.82) is 0 Å². The van der Waals surface area contributed by atoms with E-state index >= 15 is 0 Å². The highest BCUT2D eigenvalue weighted by molar-refractivity contribution is 5.36. The van der Waals surface area contributed by atoms with Crippen molar-refractivity contribution in [3.63, 3.8) is 0 Å².